The van der Waals surface area contributed by atoms with E-state index in [0.717, 1.165) is 27.9 Å². The summed E-state index contributed by atoms with van der Waals surface area (Å²) >= 11 is 0. The van der Waals surface area contributed by atoms with Crippen molar-refractivity contribution in [3.05, 3.63) is 99.8 Å². The van der Waals surface area contributed by atoms with Crippen LogP contribution >= 0.6 is 0 Å². The molecule has 0 saturated carbocycles. The maximum Gasteiger partial charge on any atom is 0.294 e. The van der Waals surface area contributed by atoms with Crippen molar-refractivity contribution in [2.24, 2.45) is 5.92 Å². The summed E-state index contributed by atoms with van der Waals surface area (Å²) in [4.78, 5) is 33.3. The molecule has 7 nitrogen and oxygen atoms in total. The zero-order chi connectivity index (χ0) is 25.8. The number of amides is 1. The minimum Gasteiger partial charge on any atom is -0.497 e. The number of rotatable bonds is 7. The number of aryl methyl sites for hydroxylation is 1. The Labute approximate surface area is 216 Å². The first-order chi connectivity index (χ1) is 18.0. The SMILES string of the molecule is COc1cccc(CNC(=O)C2CCN(c3nc4ccccc4n(Cc4ccc(C)cc4)c3=O)CC2)c1. The van der Waals surface area contributed by atoms with Crippen LogP contribution in [0.2, 0.25) is 0 Å². The highest BCUT2D eigenvalue weighted by Crippen LogP contribution is 2.23. The Balaban J connectivity index is 1.30. The molecule has 0 spiro atoms. The molecular formula is C30H32N4O3. The average molecular weight is 497 g/mol. The van der Waals surface area contributed by atoms with Crippen molar-refractivity contribution < 1.29 is 9.53 Å². The van der Waals surface area contributed by atoms with E-state index in [0.29, 0.717) is 44.8 Å². The number of aromatic nitrogens is 2. The van der Waals surface area contributed by atoms with Crippen LogP contribution in [0.5, 0.6) is 5.75 Å². The summed E-state index contributed by atoms with van der Waals surface area (Å²) in [5.41, 5.74) is 4.78. The molecule has 0 aliphatic carbocycles. The zero-order valence-corrected chi connectivity index (χ0v) is 21.3. The molecule has 1 aliphatic heterocycles. The molecule has 1 fully saturated rings. The van der Waals surface area contributed by atoms with Crippen molar-refractivity contribution in [3.8, 4) is 5.75 Å². The maximum absolute atomic E-state index is 13.6. The van der Waals surface area contributed by atoms with E-state index in [1.165, 1.54) is 5.56 Å². The molecule has 190 valence electrons. The summed E-state index contributed by atoms with van der Waals surface area (Å²) in [6.07, 6.45) is 1.35. The quantitative estimate of drug-likeness (QED) is 0.413. The van der Waals surface area contributed by atoms with Crippen LogP contribution in [0.1, 0.15) is 29.5 Å². The molecule has 0 radical (unpaired) electrons. The van der Waals surface area contributed by atoms with E-state index in [1.54, 1.807) is 7.11 Å². The number of hydrogen-bond acceptors (Lipinski definition) is 5. The second-order valence-electron chi connectivity index (χ2n) is 9.63. The number of nitrogens with one attached hydrogen (secondary N) is 1. The van der Waals surface area contributed by atoms with E-state index < -0.39 is 0 Å². The van der Waals surface area contributed by atoms with Crippen molar-refractivity contribution in [2.45, 2.75) is 32.9 Å². The van der Waals surface area contributed by atoms with Gasteiger partial charge >= 0.3 is 0 Å². The molecule has 37 heavy (non-hydrogen) atoms. The van der Waals surface area contributed by atoms with Crippen molar-refractivity contribution in [1.82, 2.24) is 14.9 Å². The number of benzene rings is 3. The van der Waals surface area contributed by atoms with Gasteiger partial charge in [0.15, 0.2) is 5.82 Å². The monoisotopic (exact) mass is 496 g/mol. The van der Waals surface area contributed by atoms with Gasteiger partial charge in [0.2, 0.25) is 5.91 Å². The third-order valence-corrected chi connectivity index (χ3v) is 7.06. The van der Waals surface area contributed by atoms with Gasteiger partial charge in [0, 0.05) is 25.6 Å². The van der Waals surface area contributed by atoms with E-state index in [2.05, 4.69) is 36.5 Å². The Morgan fingerprint density at radius 2 is 1.76 bits per heavy atom. The lowest BCUT2D eigenvalue weighted by Crippen LogP contribution is -2.43. The molecule has 5 rings (SSSR count). The van der Waals surface area contributed by atoms with E-state index in [4.69, 9.17) is 9.72 Å². The van der Waals surface area contributed by atoms with Gasteiger partial charge in [-0.3, -0.25) is 14.2 Å². The Morgan fingerprint density at radius 3 is 2.51 bits per heavy atom. The average Bonchev–Trinajstić information content (AvgIpc) is 2.94. The van der Waals surface area contributed by atoms with E-state index in [9.17, 15) is 9.59 Å². The Morgan fingerprint density at radius 1 is 1.00 bits per heavy atom. The topological polar surface area (TPSA) is 76.5 Å². The van der Waals surface area contributed by atoms with Gasteiger partial charge in [-0.15, -0.1) is 0 Å². The lowest BCUT2D eigenvalue weighted by atomic mass is 9.96. The molecule has 1 N–H and O–H groups in total. The Hall–Kier alpha value is -4.13. The van der Waals surface area contributed by atoms with Crippen LogP contribution in [0.3, 0.4) is 0 Å². The fourth-order valence-electron chi connectivity index (χ4n) is 4.89. The van der Waals surface area contributed by atoms with Crippen LogP contribution in [0.15, 0.2) is 77.6 Å². The van der Waals surface area contributed by atoms with Gasteiger partial charge in [0.1, 0.15) is 5.75 Å². The number of nitrogens with zero attached hydrogens (tertiary/aromatic N) is 3. The number of para-hydroxylation sites is 2. The van der Waals surface area contributed by atoms with Crippen molar-refractivity contribution in [3.63, 3.8) is 0 Å². The predicted octanol–water partition coefficient (Wildman–Crippen LogP) is 4.29. The van der Waals surface area contributed by atoms with Gasteiger partial charge < -0.3 is 15.0 Å². The number of methoxy groups -OCH3 is 1. The molecule has 7 heteroatoms. The van der Waals surface area contributed by atoms with Gasteiger partial charge in [-0.1, -0.05) is 54.1 Å². The number of anilines is 1. The number of fused-ring (bicyclic) bond motifs is 1. The fourth-order valence-corrected chi connectivity index (χ4v) is 4.89. The largest absolute Gasteiger partial charge is 0.497 e. The van der Waals surface area contributed by atoms with E-state index >= 15 is 0 Å². The smallest absolute Gasteiger partial charge is 0.294 e. The molecule has 3 aromatic carbocycles. The molecular weight excluding hydrogens is 464 g/mol. The zero-order valence-electron chi connectivity index (χ0n) is 21.3. The van der Waals surface area contributed by atoms with Gasteiger partial charge in [0.25, 0.3) is 5.56 Å². The fraction of sp³-hybridized carbons (Fsp3) is 0.300. The maximum atomic E-state index is 13.6. The summed E-state index contributed by atoms with van der Waals surface area (Å²) in [6.45, 7) is 4.23. The molecule has 0 atom stereocenters. The molecule has 1 amide bonds. The normalized spacial score (nSPS) is 14.1. The highest BCUT2D eigenvalue weighted by molar-refractivity contribution is 5.79. The van der Waals surface area contributed by atoms with Crippen LogP contribution in [0.4, 0.5) is 5.82 Å². The summed E-state index contributed by atoms with van der Waals surface area (Å²) < 4.78 is 7.08. The van der Waals surface area contributed by atoms with Gasteiger partial charge in [-0.05, 0) is 55.2 Å². The number of hydrogen-bond donors (Lipinski definition) is 1. The number of carbonyl (C=O) groups excluding carboxylic acids is 1. The number of ether oxygens (including phenoxy) is 1. The van der Waals surface area contributed by atoms with Gasteiger partial charge in [-0.25, -0.2) is 4.98 Å². The summed E-state index contributed by atoms with van der Waals surface area (Å²) in [7, 11) is 1.63. The molecule has 0 bridgehead atoms. The molecule has 0 unspecified atom stereocenters. The summed E-state index contributed by atoms with van der Waals surface area (Å²) in [6, 6.07) is 23.7. The number of carbonyl (C=O) groups is 1. The Kier molecular flexibility index (Phi) is 7.21. The summed E-state index contributed by atoms with van der Waals surface area (Å²) in [5, 5.41) is 3.06. The molecule has 1 saturated heterocycles. The lowest BCUT2D eigenvalue weighted by Gasteiger charge is -2.32. The highest BCUT2D eigenvalue weighted by Gasteiger charge is 2.27. The lowest BCUT2D eigenvalue weighted by molar-refractivity contribution is -0.125. The van der Waals surface area contributed by atoms with Gasteiger partial charge in [-0.2, -0.15) is 0 Å². The second-order valence-corrected chi connectivity index (χ2v) is 9.63. The predicted molar refractivity (Wildman–Crippen MR) is 146 cm³/mol. The molecule has 2 heterocycles. The van der Waals surface area contributed by atoms with Crippen molar-refractivity contribution >= 4 is 22.8 Å². The second kappa shape index (κ2) is 10.9. The third-order valence-electron chi connectivity index (χ3n) is 7.06. The highest BCUT2D eigenvalue weighted by atomic mass is 16.5. The summed E-state index contributed by atoms with van der Waals surface area (Å²) in [5.74, 6) is 1.19. The molecule has 1 aliphatic rings. The van der Waals surface area contributed by atoms with Crippen molar-refractivity contribution in [1.29, 1.82) is 0 Å². The van der Waals surface area contributed by atoms with Crippen LogP contribution in [-0.2, 0) is 17.9 Å². The first kappa shape index (κ1) is 24.6. The Bertz CT molecular complexity index is 1450. The standard InChI is InChI=1S/C30H32N4O3/c1-21-10-12-22(13-11-21)20-34-27-9-4-3-8-26(27)32-28(30(34)36)33-16-14-24(15-17-33)29(35)31-19-23-6-5-7-25(18-23)37-2/h3-13,18,24H,14-17,19-20H2,1-2H3,(H,31,35). The third kappa shape index (κ3) is 5.50. The molecule has 4 aromatic rings. The number of piperidine rings is 1. The minimum absolute atomic E-state index is 0.0470. The molecule has 1 aromatic heterocycles. The minimum atomic E-state index is -0.0970. The van der Waals surface area contributed by atoms with Crippen LogP contribution < -0.4 is 20.5 Å². The van der Waals surface area contributed by atoms with Crippen LogP contribution in [-0.4, -0.2) is 35.7 Å². The van der Waals surface area contributed by atoms with Gasteiger partial charge in [0.05, 0.1) is 24.7 Å². The van der Waals surface area contributed by atoms with Crippen LogP contribution in [0.25, 0.3) is 11.0 Å². The van der Waals surface area contributed by atoms with E-state index in [1.807, 2.05) is 58.0 Å². The first-order valence-electron chi connectivity index (χ1n) is 12.7. The van der Waals surface area contributed by atoms with Crippen LogP contribution in [0, 0.1) is 12.8 Å². The first-order valence-corrected chi connectivity index (χ1v) is 12.7. The van der Waals surface area contributed by atoms with E-state index in [-0.39, 0.29) is 17.4 Å². The van der Waals surface area contributed by atoms with Crippen molar-refractivity contribution in [2.75, 3.05) is 25.1 Å².